The number of benzene rings is 1. The van der Waals surface area contributed by atoms with Crippen LogP contribution in [0.15, 0.2) is 24.5 Å². The van der Waals surface area contributed by atoms with Crippen molar-refractivity contribution in [2.75, 3.05) is 0 Å². The molecule has 0 saturated heterocycles. The average Bonchev–Trinajstić information content (AvgIpc) is 2.86. The van der Waals surface area contributed by atoms with E-state index < -0.39 is 0 Å². The number of phenolic OH excluding ortho intramolecular Hbond substituents is 1. The van der Waals surface area contributed by atoms with Crippen molar-refractivity contribution in [1.82, 2.24) is 20.5 Å². The maximum absolute atomic E-state index is 11.9. The minimum atomic E-state index is -0.275. The van der Waals surface area contributed by atoms with Crippen molar-refractivity contribution in [1.29, 1.82) is 0 Å². The summed E-state index contributed by atoms with van der Waals surface area (Å²) in [6, 6.07) is 4.53. The Balaban J connectivity index is 2.10. The number of nitrogens with zero attached hydrogens (tertiary/aromatic N) is 2. The number of phenols is 1. The highest BCUT2D eigenvalue weighted by Gasteiger charge is 2.14. The van der Waals surface area contributed by atoms with E-state index in [-0.39, 0.29) is 17.7 Å². The van der Waals surface area contributed by atoms with Gasteiger partial charge in [0.15, 0.2) is 0 Å². The summed E-state index contributed by atoms with van der Waals surface area (Å²) in [7, 11) is 0. The maximum atomic E-state index is 11.9. The van der Waals surface area contributed by atoms with Crippen LogP contribution in [0.25, 0.3) is 0 Å². The van der Waals surface area contributed by atoms with Gasteiger partial charge >= 0.3 is 0 Å². The Morgan fingerprint density at radius 2 is 2.28 bits per heavy atom. The molecular formula is C12H14N4O2. The van der Waals surface area contributed by atoms with Crippen LogP contribution in [0.2, 0.25) is 0 Å². The van der Waals surface area contributed by atoms with Crippen LogP contribution < -0.4 is 5.32 Å². The highest BCUT2D eigenvalue weighted by Crippen LogP contribution is 2.18. The van der Waals surface area contributed by atoms with Crippen molar-refractivity contribution in [3.8, 4) is 5.75 Å². The first-order chi connectivity index (χ1) is 8.58. The first-order valence-electron chi connectivity index (χ1n) is 5.53. The van der Waals surface area contributed by atoms with E-state index in [4.69, 9.17) is 0 Å². The maximum Gasteiger partial charge on any atom is 0.251 e. The minimum absolute atomic E-state index is 0.106. The summed E-state index contributed by atoms with van der Waals surface area (Å²) in [5.74, 6) is 0.420. The second-order valence-electron chi connectivity index (χ2n) is 4.07. The second kappa shape index (κ2) is 4.87. The van der Waals surface area contributed by atoms with E-state index in [0.29, 0.717) is 11.4 Å². The van der Waals surface area contributed by atoms with Crippen molar-refractivity contribution in [3.63, 3.8) is 0 Å². The quantitative estimate of drug-likeness (QED) is 0.761. The smallest absolute Gasteiger partial charge is 0.251 e. The van der Waals surface area contributed by atoms with E-state index in [1.165, 1.54) is 12.4 Å². The van der Waals surface area contributed by atoms with Gasteiger partial charge in [0, 0.05) is 5.56 Å². The van der Waals surface area contributed by atoms with Crippen molar-refractivity contribution in [2.45, 2.75) is 19.9 Å². The lowest BCUT2D eigenvalue weighted by Gasteiger charge is -2.11. The van der Waals surface area contributed by atoms with E-state index in [1.54, 1.807) is 26.0 Å². The molecule has 1 aromatic heterocycles. The lowest BCUT2D eigenvalue weighted by atomic mass is 10.1. The Morgan fingerprint density at radius 1 is 1.50 bits per heavy atom. The van der Waals surface area contributed by atoms with Crippen LogP contribution in [0.1, 0.15) is 34.7 Å². The van der Waals surface area contributed by atoms with E-state index in [9.17, 15) is 9.90 Å². The molecule has 1 aromatic carbocycles. The third-order valence-corrected chi connectivity index (χ3v) is 2.66. The molecule has 6 nitrogen and oxygen atoms in total. The van der Waals surface area contributed by atoms with Gasteiger partial charge in [0.1, 0.15) is 17.9 Å². The molecule has 0 aliphatic carbocycles. The molecule has 0 radical (unpaired) electrons. The molecule has 1 amide bonds. The number of rotatable bonds is 3. The predicted octanol–water partition coefficient (Wildman–Crippen LogP) is 1.31. The van der Waals surface area contributed by atoms with Gasteiger partial charge in [0.05, 0.1) is 6.04 Å². The minimum Gasteiger partial charge on any atom is -0.508 e. The molecule has 1 unspecified atom stereocenters. The lowest BCUT2D eigenvalue weighted by molar-refractivity contribution is 0.0938. The Labute approximate surface area is 104 Å². The van der Waals surface area contributed by atoms with Gasteiger partial charge in [-0.1, -0.05) is 6.07 Å². The van der Waals surface area contributed by atoms with Crippen LogP contribution in [-0.2, 0) is 0 Å². The van der Waals surface area contributed by atoms with Crippen LogP contribution >= 0.6 is 0 Å². The molecule has 3 N–H and O–H groups in total. The molecular weight excluding hydrogens is 232 g/mol. The summed E-state index contributed by atoms with van der Waals surface area (Å²) in [5.41, 5.74) is 1.14. The normalized spacial score (nSPS) is 12.1. The zero-order chi connectivity index (χ0) is 13.1. The van der Waals surface area contributed by atoms with Crippen LogP contribution in [0.4, 0.5) is 0 Å². The van der Waals surface area contributed by atoms with Gasteiger partial charge < -0.3 is 10.4 Å². The third kappa shape index (κ3) is 2.48. The van der Waals surface area contributed by atoms with E-state index in [0.717, 1.165) is 5.56 Å². The number of aromatic hydroxyl groups is 1. The van der Waals surface area contributed by atoms with Crippen LogP contribution in [0, 0.1) is 6.92 Å². The van der Waals surface area contributed by atoms with Crippen molar-refractivity contribution in [3.05, 3.63) is 41.5 Å². The van der Waals surface area contributed by atoms with Crippen molar-refractivity contribution >= 4 is 5.91 Å². The highest BCUT2D eigenvalue weighted by molar-refractivity contribution is 5.94. The highest BCUT2D eigenvalue weighted by atomic mass is 16.3. The van der Waals surface area contributed by atoms with Crippen LogP contribution in [0.5, 0.6) is 5.75 Å². The Kier molecular flexibility index (Phi) is 3.27. The Bertz CT molecular complexity index is 551. The van der Waals surface area contributed by atoms with Gasteiger partial charge in [-0.25, -0.2) is 4.98 Å². The number of H-pyrrole nitrogens is 1. The fraction of sp³-hybridized carbons (Fsp3) is 0.250. The number of aryl methyl sites for hydroxylation is 1. The van der Waals surface area contributed by atoms with Crippen molar-refractivity contribution < 1.29 is 9.90 Å². The molecule has 2 rings (SSSR count). The number of carbonyl (C=O) groups excluding carboxylic acids is 1. The Morgan fingerprint density at radius 3 is 2.89 bits per heavy atom. The number of hydrogen-bond donors (Lipinski definition) is 3. The summed E-state index contributed by atoms with van der Waals surface area (Å²) in [5, 5.41) is 18.7. The SMILES string of the molecule is Cc1ccc(C(=O)NC(C)c2ncn[nH]2)cc1O. The van der Waals surface area contributed by atoms with Gasteiger partial charge in [-0.2, -0.15) is 5.10 Å². The molecule has 0 aliphatic rings. The summed E-state index contributed by atoms with van der Waals surface area (Å²) in [4.78, 5) is 15.9. The zero-order valence-electron chi connectivity index (χ0n) is 10.1. The largest absolute Gasteiger partial charge is 0.508 e. The first-order valence-corrected chi connectivity index (χ1v) is 5.53. The number of aromatic nitrogens is 3. The fourth-order valence-electron chi connectivity index (χ4n) is 1.52. The van der Waals surface area contributed by atoms with Gasteiger partial charge in [0.25, 0.3) is 5.91 Å². The molecule has 94 valence electrons. The van der Waals surface area contributed by atoms with Crippen LogP contribution in [-0.4, -0.2) is 26.2 Å². The lowest BCUT2D eigenvalue weighted by Crippen LogP contribution is -2.27. The number of carbonyl (C=O) groups is 1. The van der Waals surface area contributed by atoms with Gasteiger partial charge in [0.2, 0.25) is 0 Å². The fourth-order valence-corrected chi connectivity index (χ4v) is 1.52. The standard InChI is InChI=1S/C12H14N4O2/c1-7-3-4-9(5-10(7)17)12(18)15-8(2)11-13-6-14-16-11/h3-6,8,17H,1-2H3,(H,15,18)(H,13,14,16). The molecule has 18 heavy (non-hydrogen) atoms. The Hall–Kier alpha value is -2.37. The second-order valence-corrected chi connectivity index (χ2v) is 4.07. The summed E-state index contributed by atoms with van der Waals surface area (Å²) >= 11 is 0. The molecule has 0 fully saturated rings. The molecule has 0 spiro atoms. The molecule has 0 bridgehead atoms. The van der Waals surface area contributed by atoms with E-state index in [1.807, 2.05) is 0 Å². The summed E-state index contributed by atoms with van der Waals surface area (Å²) < 4.78 is 0. The molecule has 0 aliphatic heterocycles. The monoisotopic (exact) mass is 246 g/mol. The van der Waals surface area contributed by atoms with Gasteiger partial charge in [-0.3, -0.25) is 9.89 Å². The molecule has 6 heteroatoms. The number of nitrogens with one attached hydrogen (secondary N) is 2. The van der Waals surface area contributed by atoms with E-state index in [2.05, 4.69) is 20.5 Å². The van der Waals surface area contributed by atoms with Crippen LogP contribution in [0.3, 0.4) is 0 Å². The summed E-state index contributed by atoms with van der Waals surface area (Å²) in [6.07, 6.45) is 1.38. The van der Waals surface area contributed by atoms with E-state index >= 15 is 0 Å². The van der Waals surface area contributed by atoms with Crippen molar-refractivity contribution in [2.24, 2.45) is 0 Å². The molecule has 1 atom stereocenters. The average molecular weight is 246 g/mol. The number of amides is 1. The zero-order valence-corrected chi connectivity index (χ0v) is 10.1. The third-order valence-electron chi connectivity index (χ3n) is 2.66. The number of aromatic amines is 1. The van der Waals surface area contributed by atoms with Gasteiger partial charge in [-0.15, -0.1) is 0 Å². The first kappa shape index (κ1) is 12.1. The molecule has 2 aromatic rings. The number of hydrogen-bond acceptors (Lipinski definition) is 4. The molecule has 1 heterocycles. The van der Waals surface area contributed by atoms with Gasteiger partial charge in [-0.05, 0) is 31.5 Å². The predicted molar refractivity (Wildman–Crippen MR) is 65.1 cm³/mol. The summed E-state index contributed by atoms with van der Waals surface area (Å²) in [6.45, 7) is 3.57. The topological polar surface area (TPSA) is 90.9 Å². The molecule has 0 saturated carbocycles.